The topological polar surface area (TPSA) is 112 Å². The van der Waals surface area contributed by atoms with Crippen LogP contribution in [0.5, 0.6) is 23.0 Å². The van der Waals surface area contributed by atoms with Gasteiger partial charge in [-0.05, 0) is 24.3 Å². The number of aliphatic hydroxyl groups is 1. The zero-order valence-electron chi connectivity index (χ0n) is 16.9. The second kappa shape index (κ2) is 7.34. The fourth-order valence-corrected chi connectivity index (χ4v) is 3.47. The van der Waals surface area contributed by atoms with Crippen molar-refractivity contribution in [1.82, 2.24) is 19.6 Å². The lowest BCUT2D eigenvalue weighted by Crippen LogP contribution is -2.26. The van der Waals surface area contributed by atoms with E-state index in [1.807, 2.05) is 6.07 Å². The van der Waals surface area contributed by atoms with E-state index in [0.717, 1.165) is 5.56 Å². The number of nitrogens with one attached hydrogen (secondary N) is 1. The molecule has 0 fully saturated rings. The van der Waals surface area contributed by atoms with Crippen LogP contribution in [0.25, 0.3) is 16.6 Å². The van der Waals surface area contributed by atoms with Gasteiger partial charge in [-0.15, -0.1) is 13.9 Å². The van der Waals surface area contributed by atoms with Gasteiger partial charge in [-0.3, -0.25) is 0 Å². The van der Waals surface area contributed by atoms with Crippen LogP contribution in [0.15, 0.2) is 30.3 Å². The first kappa shape index (κ1) is 20.0. The Bertz CT molecular complexity index is 1340. The Hall–Kier alpha value is -3.93. The summed E-state index contributed by atoms with van der Waals surface area (Å²) >= 11 is 0. The summed E-state index contributed by atoms with van der Waals surface area (Å²) in [6.07, 6.45) is -3.79. The Morgan fingerprint density at radius 3 is 2.72 bits per heavy atom. The van der Waals surface area contributed by atoms with E-state index in [0.29, 0.717) is 22.5 Å². The average molecular weight is 445 g/mol. The number of aliphatic hydroxyl groups excluding tert-OH is 1. The summed E-state index contributed by atoms with van der Waals surface area (Å²) in [4.78, 5) is 8.75. The van der Waals surface area contributed by atoms with E-state index in [2.05, 4.69) is 29.9 Å². The van der Waals surface area contributed by atoms with Gasteiger partial charge in [0.2, 0.25) is 5.95 Å². The first-order valence-electron chi connectivity index (χ1n) is 9.46. The number of anilines is 1. The number of nitrogens with zero attached hydrogens (tertiary/aromatic N) is 4. The maximum atomic E-state index is 13.7. The SMILES string of the molecule is COc1ccc(CNc2nc3c4c(ccc3c3nc(CO)nn23)OC(F)(F)O4)c(OC)c1. The third-order valence-corrected chi connectivity index (χ3v) is 4.93. The van der Waals surface area contributed by atoms with E-state index in [1.54, 1.807) is 19.2 Å². The summed E-state index contributed by atoms with van der Waals surface area (Å²) in [7, 11) is 3.09. The predicted octanol–water partition coefficient (Wildman–Crippen LogP) is 2.72. The number of aromatic nitrogens is 4. The normalized spacial score (nSPS) is 14.2. The highest BCUT2D eigenvalue weighted by Gasteiger charge is 2.45. The Morgan fingerprint density at radius 2 is 1.97 bits per heavy atom. The van der Waals surface area contributed by atoms with Gasteiger partial charge in [-0.25, -0.2) is 9.97 Å². The molecule has 0 amide bonds. The Labute approximate surface area is 179 Å². The first-order chi connectivity index (χ1) is 15.4. The molecule has 1 aliphatic rings. The van der Waals surface area contributed by atoms with Crippen molar-refractivity contribution in [2.75, 3.05) is 19.5 Å². The van der Waals surface area contributed by atoms with E-state index in [4.69, 9.17) is 9.47 Å². The van der Waals surface area contributed by atoms with E-state index >= 15 is 0 Å². The molecule has 5 rings (SSSR count). The van der Waals surface area contributed by atoms with E-state index < -0.39 is 12.9 Å². The number of halogens is 2. The van der Waals surface area contributed by atoms with Crippen molar-refractivity contribution in [3.8, 4) is 23.0 Å². The molecule has 4 aromatic rings. The molecular formula is C20H17F2N5O5. The lowest BCUT2D eigenvalue weighted by atomic mass is 10.2. The van der Waals surface area contributed by atoms with Crippen LogP contribution in [-0.2, 0) is 13.2 Å². The number of alkyl halides is 2. The smallest absolute Gasteiger partial charge is 0.497 e. The highest BCUT2D eigenvalue weighted by atomic mass is 19.3. The summed E-state index contributed by atoms with van der Waals surface area (Å²) in [5, 5.41) is 17.3. The average Bonchev–Trinajstić information content (AvgIpc) is 3.37. The summed E-state index contributed by atoms with van der Waals surface area (Å²) in [6.45, 7) is -0.144. The minimum Gasteiger partial charge on any atom is -0.497 e. The predicted molar refractivity (Wildman–Crippen MR) is 107 cm³/mol. The van der Waals surface area contributed by atoms with Crippen LogP contribution in [-0.4, -0.2) is 45.2 Å². The minimum absolute atomic E-state index is 0.119. The molecule has 0 spiro atoms. The van der Waals surface area contributed by atoms with Crippen molar-refractivity contribution in [3.05, 3.63) is 41.7 Å². The third-order valence-electron chi connectivity index (χ3n) is 4.93. The van der Waals surface area contributed by atoms with Gasteiger partial charge in [0.1, 0.15) is 23.6 Å². The first-order valence-corrected chi connectivity index (χ1v) is 9.46. The molecule has 0 radical (unpaired) electrons. The number of hydrogen-bond acceptors (Lipinski definition) is 9. The van der Waals surface area contributed by atoms with Gasteiger partial charge in [-0.1, -0.05) is 0 Å². The van der Waals surface area contributed by atoms with Gasteiger partial charge < -0.3 is 29.4 Å². The Kier molecular flexibility index (Phi) is 4.59. The van der Waals surface area contributed by atoms with Crippen molar-refractivity contribution < 1.29 is 32.8 Å². The van der Waals surface area contributed by atoms with Gasteiger partial charge in [0.05, 0.1) is 14.2 Å². The van der Waals surface area contributed by atoms with Crippen LogP contribution < -0.4 is 24.3 Å². The molecule has 10 nitrogen and oxygen atoms in total. The van der Waals surface area contributed by atoms with Crippen LogP contribution in [0.3, 0.4) is 0 Å². The van der Waals surface area contributed by atoms with Crippen molar-refractivity contribution in [3.63, 3.8) is 0 Å². The molecule has 0 unspecified atom stereocenters. The number of hydrogen-bond donors (Lipinski definition) is 2. The summed E-state index contributed by atoms with van der Waals surface area (Å²) in [5.41, 5.74) is 1.22. The Balaban J connectivity index is 1.61. The third kappa shape index (κ3) is 3.24. The molecule has 32 heavy (non-hydrogen) atoms. The second-order valence-corrected chi connectivity index (χ2v) is 6.84. The molecule has 0 bridgehead atoms. The molecule has 166 valence electrons. The molecule has 2 N–H and O–H groups in total. The fraction of sp³-hybridized carbons (Fsp3) is 0.250. The highest BCUT2D eigenvalue weighted by Crippen LogP contribution is 2.45. The monoisotopic (exact) mass is 445 g/mol. The molecular weight excluding hydrogens is 428 g/mol. The van der Waals surface area contributed by atoms with Crippen LogP contribution in [0.1, 0.15) is 11.4 Å². The van der Waals surface area contributed by atoms with Gasteiger partial charge >= 0.3 is 6.29 Å². The largest absolute Gasteiger partial charge is 0.586 e. The zero-order chi connectivity index (χ0) is 22.5. The molecule has 0 saturated carbocycles. The zero-order valence-corrected chi connectivity index (χ0v) is 16.9. The summed E-state index contributed by atoms with van der Waals surface area (Å²) in [6, 6.07) is 8.22. The molecule has 2 aromatic carbocycles. The minimum atomic E-state index is -3.79. The molecule has 2 aromatic heterocycles. The fourth-order valence-electron chi connectivity index (χ4n) is 3.47. The lowest BCUT2D eigenvalue weighted by molar-refractivity contribution is -0.286. The molecule has 1 aliphatic heterocycles. The quantitative estimate of drug-likeness (QED) is 0.463. The maximum absolute atomic E-state index is 13.7. The number of methoxy groups -OCH3 is 2. The van der Waals surface area contributed by atoms with E-state index in [9.17, 15) is 13.9 Å². The van der Waals surface area contributed by atoms with Gasteiger partial charge in [0, 0.05) is 23.6 Å². The molecule has 0 saturated heterocycles. The van der Waals surface area contributed by atoms with Crippen LogP contribution in [0.2, 0.25) is 0 Å². The van der Waals surface area contributed by atoms with Crippen LogP contribution >= 0.6 is 0 Å². The lowest BCUT2D eigenvalue weighted by Gasteiger charge is -2.13. The highest BCUT2D eigenvalue weighted by molar-refractivity contribution is 5.97. The number of ether oxygens (including phenoxy) is 4. The van der Waals surface area contributed by atoms with Gasteiger partial charge in [0.25, 0.3) is 0 Å². The van der Waals surface area contributed by atoms with Crippen LogP contribution in [0.4, 0.5) is 14.7 Å². The van der Waals surface area contributed by atoms with Gasteiger partial charge in [-0.2, -0.15) is 4.52 Å². The molecule has 0 atom stereocenters. The molecule has 3 heterocycles. The summed E-state index contributed by atoms with van der Waals surface area (Å²) < 4.78 is 48.6. The van der Waals surface area contributed by atoms with Gasteiger partial charge in [0.15, 0.2) is 23.0 Å². The number of rotatable bonds is 6. The van der Waals surface area contributed by atoms with Crippen LogP contribution in [0, 0.1) is 0 Å². The Morgan fingerprint density at radius 1 is 1.12 bits per heavy atom. The summed E-state index contributed by atoms with van der Waals surface area (Å²) in [5.74, 6) is 1.23. The number of benzene rings is 2. The van der Waals surface area contributed by atoms with Crippen molar-refractivity contribution in [2.24, 2.45) is 0 Å². The van der Waals surface area contributed by atoms with Crippen molar-refractivity contribution >= 4 is 22.5 Å². The molecule has 12 heteroatoms. The second-order valence-electron chi connectivity index (χ2n) is 6.84. The van der Waals surface area contributed by atoms with E-state index in [-0.39, 0.29) is 35.3 Å². The van der Waals surface area contributed by atoms with Crippen molar-refractivity contribution in [2.45, 2.75) is 19.4 Å². The maximum Gasteiger partial charge on any atom is 0.586 e. The van der Waals surface area contributed by atoms with Crippen molar-refractivity contribution in [1.29, 1.82) is 0 Å². The molecule has 0 aliphatic carbocycles. The number of fused-ring (bicyclic) bond motifs is 5. The standard InChI is InChI=1S/C20H17F2N5O5/c1-29-11-4-3-10(14(7-11)30-2)8-23-19-25-16-12(18-24-15(9-28)26-27(18)19)5-6-13-17(16)32-20(21,22)31-13/h3-7,28H,8-9H2,1-2H3,(H,23,25). The van der Waals surface area contributed by atoms with E-state index in [1.165, 1.54) is 23.8 Å².